The summed E-state index contributed by atoms with van der Waals surface area (Å²) in [4.78, 5) is 11.8. The molecule has 2 rings (SSSR count). The molecule has 158 valence electrons. The van der Waals surface area contributed by atoms with E-state index in [4.69, 9.17) is 10.5 Å². The molecule has 0 heterocycles. The summed E-state index contributed by atoms with van der Waals surface area (Å²) in [5.41, 5.74) is 2.50. The molecule has 2 aromatic rings. The summed E-state index contributed by atoms with van der Waals surface area (Å²) in [5.74, 6) is -0.181. The number of hydrogen-bond acceptors (Lipinski definition) is 3. The Balaban J connectivity index is 2.39. The van der Waals surface area contributed by atoms with Crippen molar-refractivity contribution >= 4 is 5.91 Å². The predicted molar refractivity (Wildman–Crippen MR) is 104 cm³/mol. The fourth-order valence-corrected chi connectivity index (χ4v) is 3.35. The Morgan fingerprint density at radius 1 is 0.931 bits per heavy atom. The van der Waals surface area contributed by atoms with Gasteiger partial charge in [0.05, 0.1) is 5.56 Å². The predicted octanol–water partition coefficient (Wildman–Crippen LogP) is 4.77. The minimum Gasteiger partial charge on any atom is -0.477 e. The van der Waals surface area contributed by atoms with Crippen molar-refractivity contribution in [1.29, 1.82) is 0 Å². The van der Waals surface area contributed by atoms with Crippen molar-refractivity contribution in [3.63, 3.8) is 0 Å². The van der Waals surface area contributed by atoms with Gasteiger partial charge in [-0.1, -0.05) is 45.0 Å². The van der Waals surface area contributed by atoms with Crippen LogP contribution in [0.2, 0.25) is 0 Å². The van der Waals surface area contributed by atoms with Crippen LogP contribution in [0.5, 0.6) is 5.75 Å². The van der Waals surface area contributed by atoms with E-state index in [9.17, 15) is 23.1 Å². The monoisotopic (exact) mass is 409 g/mol. The van der Waals surface area contributed by atoms with Crippen molar-refractivity contribution in [2.75, 3.05) is 0 Å². The second-order valence-electron chi connectivity index (χ2n) is 6.98. The Morgan fingerprint density at radius 2 is 1.48 bits per heavy atom. The summed E-state index contributed by atoms with van der Waals surface area (Å²) in [6.45, 7) is 5.29. The first-order valence-corrected chi connectivity index (χ1v) is 9.52. The first kappa shape index (κ1) is 22.7. The number of primary amides is 1. The SMILES string of the molecule is CCC(CC)(Oc1ccc(C(O)(CC)c2cccc(C(F)(F)F)c2)cc1)C(N)=O. The fraction of sp³-hybridized carbons (Fsp3) is 0.409. The molecule has 1 unspecified atom stereocenters. The third-order valence-electron chi connectivity index (χ3n) is 5.42. The van der Waals surface area contributed by atoms with Crippen LogP contribution in [-0.4, -0.2) is 16.6 Å². The van der Waals surface area contributed by atoms with Gasteiger partial charge >= 0.3 is 6.18 Å². The van der Waals surface area contributed by atoms with E-state index < -0.39 is 28.8 Å². The number of benzene rings is 2. The Labute approximate surface area is 168 Å². The molecule has 0 aliphatic rings. The molecule has 2 aromatic carbocycles. The number of hydrogen-bond donors (Lipinski definition) is 2. The van der Waals surface area contributed by atoms with Crippen molar-refractivity contribution < 1.29 is 27.8 Å². The zero-order chi connectivity index (χ0) is 21.9. The van der Waals surface area contributed by atoms with Gasteiger partial charge in [0, 0.05) is 0 Å². The molecular weight excluding hydrogens is 383 g/mol. The van der Waals surface area contributed by atoms with Crippen molar-refractivity contribution in [3.05, 3.63) is 65.2 Å². The van der Waals surface area contributed by atoms with Gasteiger partial charge in [0.2, 0.25) is 0 Å². The zero-order valence-electron chi connectivity index (χ0n) is 16.7. The zero-order valence-corrected chi connectivity index (χ0v) is 16.7. The molecule has 0 fully saturated rings. The summed E-state index contributed by atoms with van der Waals surface area (Å²) >= 11 is 0. The highest BCUT2D eigenvalue weighted by atomic mass is 19.4. The third kappa shape index (κ3) is 4.56. The molecule has 1 atom stereocenters. The lowest BCUT2D eigenvalue weighted by atomic mass is 9.83. The maximum Gasteiger partial charge on any atom is 0.416 e. The molecule has 0 aliphatic carbocycles. The van der Waals surface area contributed by atoms with E-state index >= 15 is 0 Å². The lowest BCUT2D eigenvalue weighted by molar-refractivity contribution is -0.137. The summed E-state index contributed by atoms with van der Waals surface area (Å²) in [6, 6.07) is 11.0. The van der Waals surface area contributed by atoms with Crippen molar-refractivity contribution in [1.82, 2.24) is 0 Å². The van der Waals surface area contributed by atoms with E-state index in [0.29, 0.717) is 24.2 Å². The first-order valence-electron chi connectivity index (χ1n) is 9.52. The Morgan fingerprint density at radius 3 is 1.93 bits per heavy atom. The van der Waals surface area contributed by atoms with Gasteiger partial charge in [0.15, 0.2) is 5.60 Å². The van der Waals surface area contributed by atoms with Crippen LogP contribution in [-0.2, 0) is 16.6 Å². The van der Waals surface area contributed by atoms with Gasteiger partial charge in [-0.25, -0.2) is 0 Å². The highest BCUT2D eigenvalue weighted by Crippen LogP contribution is 2.37. The molecule has 3 N–H and O–H groups in total. The number of amides is 1. The quantitative estimate of drug-likeness (QED) is 0.659. The molecule has 0 saturated heterocycles. The van der Waals surface area contributed by atoms with Crippen molar-refractivity contribution in [2.24, 2.45) is 5.73 Å². The number of carbonyl (C=O) groups is 1. The number of halogens is 3. The van der Waals surface area contributed by atoms with E-state index in [1.807, 2.05) is 0 Å². The summed E-state index contributed by atoms with van der Waals surface area (Å²) < 4.78 is 45.0. The van der Waals surface area contributed by atoms with E-state index in [2.05, 4.69) is 0 Å². The van der Waals surface area contributed by atoms with Crippen molar-refractivity contribution in [3.8, 4) is 5.75 Å². The average molecular weight is 409 g/mol. The van der Waals surface area contributed by atoms with Gasteiger partial charge in [0.25, 0.3) is 5.91 Å². The Kier molecular flexibility index (Phi) is 6.63. The number of nitrogens with two attached hydrogens (primary N) is 1. The highest BCUT2D eigenvalue weighted by molar-refractivity contribution is 5.83. The summed E-state index contributed by atoms with van der Waals surface area (Å²) in [6.07, 6.45) is -3.54. The van der Waals surface area contributed by atoms with E-state index in [0.717, 1.165) is 12.1 Å². The highest BCUT2D eigenvalue weighted by Gasteiger charge is 2.37. The van der Waals surface area contributed by atoms with Crippen molar-refractivity contribution in [2.45, 2.75) is 57.4 Å². The van der Waals surface area contributed by atoms with Gasteiger partial charge in [0.1, 0.15) is 11.4 Å². The molecule has 0 radical (unpaired) electrons. The molecule has 7 heteroatoms. The van der Waals surface area contributed by atoms with E-state index in [1.54, 1.807) is 45.0 Å². The molecule has 0 spiro atoms. The van der Waals surface area contributed by atoms with Crippen LogP contribution >= 0.6 is 0 Å². The Bertz CT molecular complexity index is 845. The minimum absolute atomic E-state index is 0.150. The fourth-order valence-electron chi connectivity index (χ4n) is 3.35. The number of carbonyl (C=O) groups excluding carboxylic acids is 1. The molecule has 0 bridgehead atoms. The van der Waals surface area contributed by atoms with Gasteiger partial charge in [-0.05, 0) is 54.7 Å². The van der Waals surface area contributed by atoms with Gasteiger partial charge < -0.3 is 15.6 Å². The normalized spacial score (nSPS) is 14.3. The lowest BCUT2D eigenvalue weighted by Crippen LogP contribution is -2.48. The minimum atomic E-state index is -4.50. The molecule has 0 saturated carbocycles. The van der Waals surface area contributed by atoms with Gasteiger partial charge in [-0.15, -0.1) is 0 Å². The standard InChI is InChI=1S/C22H26F3NO3/c1-4-20(5-2,19(26)27)29-18-12-10-15(11-13-18)21(28,6-3)16-8-7-9-17(14-16)22(23,24)25/h7-14,28H,4-6H2,1-3H3,(H2,26,27). The van der Waals surface area contributed by atoms with Crippen LogP contribution in [0.15, 0.2) is 48.5 Å². The second kappa shape index (κ2) is 8.45. The maximum atomic E-state index is 13.1. The van der Waals surface area contributed by atoms with Gasteiger partial charge in [-0.3, -0.25) is 4.79 Å². The number of aliphatic hydroxyl groups is 1. The summed E-state index contributed by atoms with van der Waals surface area (Å²) in [7, 11) is 0. The number of ether oxygens (including phenoxy) is 1. The number of rotatable bonds is 8. The molecule has 29 heavy (non-hydrogen) atoms. The van der Waals surface area contributed by atoms with Gasteiger partial charge in [-0.2, -0.15) is 13.2 Å². The summed E-state index contributed by atoms with van der Waals surface area (Å²) in [5, 5.41) is 11.2. The first-order chi connectivity index (χ1) is 13.5. The topological polar surface area (TPSA) is 72.6 Å². The van der Waals surface area contributed by atoms with E-state index in [1.165, 1.54) is 12.1 Å². The largest absolute Gasteiger partial charge is 0.477 e. The average Bonchev–Trinajstić information content (AvgIpc) is 2.71. The van der Waals surface area contributed by atoms with Crippen LogP contribution in [0, 0.1) is 0 Å². The Hall–Kier alpha value is -2.54. The number of alkyl halides is 3. The smallest absolute Gasteiger partial charge is 0.416 e. The molecule has 0 aliphatic heterocycles. The molecular formula is C22H26F3NO3. The maximum absolute atomic E-state index is 13.1. The van der Waals surface area contributed by atoms with E-state index in [-0.39, 0.29) is 12.0 Å². The van der Waals surface area contributed by atoms with Crippen LogP contribution in [0.4, 0.5) is 13.2 Å². The van der Waals surface area contributed by atoms with Crippen LogP contribution in [0.25, 0.3) is 0 Å². The third-order valence-corrected chi connectivity index (χ3v) is 5.42. The van der Waals surface area contributed by atoms with Crippen LogP contribution in [0.1, 0.15) is 56.7 Å². The second-order valence-corrected chi connectivity index (χ2v) is 6.98. The molecule has 0 aromatic heterocycles. The molecule has 4 nitrogen and oxygen atoms in total. The van der Waals surface area contributed by atoms with Crippen LogP contribution in [0.3, 0.4) is 0 Å². The van der Waals surface area contributed by atoms with Crippen LogP contribution < -0.4 is 10.5 Å². The lowest BCUT2D eigenvalue weighted by Gasteiger charge is -2.31. The molecule has 1 amide bonds.